The fraction of sp³-hybridized carbons (Fsp3) is 0.600. The van der Waals surface area contributed by atoms with Crippen molar-refractivity contribution in [3.8, 4) is 5.75 Å². The molecular formula is C15H24Cl2N2O. The molecule has 0 radical (unpaired) electrons. The van der Waals surface area contributed by atoms with Crippen molar-refractivity contribution < 1.29 is 4.74 Å². The van der Waals surface area contributed by atoms with Crippen LogP contribution in [0.5, 0.6) is 5.75 Å². The molecule has 5 heteroatoms. The third-order valence-electron chi connectivity index (χ3n) is 3.92. The monoisotopic (exact) mass is 318 g/mol. The van der Waals surface area contributed by atoms with Gasteiger partial charge >= 0.3 is 0 Å². The third-order valence-corrected chi connectivity index (χ3v) is 4.16. The number of methoxy groups -OCH3 is 1. The maximum absolute atomic E-state index is 6.08. The molecule has 2 atom stereocenters. The number of piperidine rings is 1. The van der Waals surface area contributed by atoms with E-state index in [4.69, 9.17) is 22.1 Å². The Balaban J connectivity index is 0.00000200. The summed E-state index contributed by atoms with van der Waals surface area (Å²) < 4.78 is 5.41. The van der Waals surface area contributed by atoms with Crippen LogP contribution >= 0.6 is 24.0 Å². The van der Waals surface area contributed by atoms with Crippen molar-refractivity contribution >= 4 is 24.0 Å². The number of nitrogens with zero attached hydrogens (tertiary/aromatic N) is 1. The minimum atomic E-state index is 0. The van der Waals surface area contributed by atoms with Crippen LogP contribution in [-0.2, 0) is 6.54 Å². The van der Waals surface area contributed by atoms with Gasteiger partial charge in [0.1, 0.15) is 5.75 Å². The number of benzene rings is 1. The van der Waals surface area contributed by atoms with E-state index in [-0.39, 0.29) is 18.4 Å². The predicted molar refractivity (Wildman–Crippen MR) is 86.9 cm³/mol. The van der Waals surface area contributed by atoms with Gasteiger partial charge in [-0.2, -0.15) is 0 Å². The van der Waals surface area contributed by atoms with Crippen LogP contribution in [0.25, 0.3) is 0 Å². The van der Waals surface area contributed by atoms with Gasteiger partial charge in [-0.25, -0.2) is 0 Å². The molecule has 2 N–H and O–H groups in total. The standard InChI is InChI=1S/C15H23ClN2O.ClH/c1-11(17)12-4-3-7-18(9-12)10-13-8-14(16)5-6-15(13)19-2;/h5-6,8,11-12H,3-4,7,9-10,17H2,1-2H3;1H. The summed E-state index contributed by atoms with van der Waals surface area (Å²) in [6.07, 6.45) is 2.45. The van der Waals surface area contributed by atoms with Crippen molar-refractivity contribution in [1.82, 2.24) is 4.90 Å². The fourth-order valence-corrected chi connectivity index (χ4v) is 2.97. The van der Waals surface area contributed by atoms with Crippen molar-refractivity contribution in [2.24, 2.45) is 11.7 Å². The fourth-order valence-electron chi connectivity index (χ4n) is 2.78. The summed E-state index contributed by atoms with van der Waals surface area (Å²) in [7, 11) is 1.70. The summed E-state index contributed by atoms with van der Waals surface area (Å²) in [6, 6.07) is 6.06. The second kappa shape index (κ2) is 8.08. The first-order valence-corrected chi connectivity index (χ1v) is 7.28. The summed E-state index contributed by atoms with van der Waals surface area (Å²) in [6.45, 7) is 5.17. The maximum Gasteiger partial charge on any atom is 0.123 e. The number of rotatable bonds is 4. The maximum atomic E-state index is 6.08. The highest BCUT2D eigenvalue weighted by Gasteiger charge is 2.23. The van der Waals surface area contributed by atoms with Gasteiger partial charge in [0.2, 0.25) is 0 Å². The molecule has 3 nitrogen and oxygen atoms in total. The number of nitrogens with two attached hydrogens (primary N) is 1. The number of hydrogen-bond donors (Lipinski definition) is 1. The summed E-state index contributed by atoms with van der Waals surface area (Å²) in [5.74, 6) is 1.51. The van der Waals surface area contributed by atoms with Crippen LogP contribution in [0.1, 0.15) is 25.3 Å². The Hall–Kier alpha value is -0.480. The molecule has 1 saturated heterocycles. The van der Waals surface area contributed by atoms with E-state index in [0.717, 1.165) is 36.0 Å². The Morgan fingerprint density at radius 1 is 1.50 bits per heavy atom. The second-order valence-electron chi connectivity index (χ2n) is 5.45. The molecule has 0 spiro atoms. The Labute approximate surface area is 132 Å². The highest BCUT2D eigenvalue weighted by molar-refractivity contribution is 6.30. The van der Waals surface area contributed by atoms with Gasteiger partial charge in [0.25, 0.3) is 0 Å². The average Bonchev–Trinajstić information content (AvgIpc) is 2.39. The molecule has 1 aliphatic heterocycles. The molecule has 0 aromatic heterocycles. The van der Waals surface area contributed by atoms with Crippen LogP contribution in [0.15, 0.2) is 18.2 Å². The molecule has 1 aromatic carbocycles. The summed E-state index contributed by atoms with van der Waals surface area (Å²) in [5.41, 5.74) is 7.18. The average molecular weight is 319 g/mol. The van der Waals surface area contributed by atoms with Gasteiger partial charge in [0.05, 0.1) is 7.11 Å². The molecular weight excluding hydrogens is 295 g/mol. The minimum absolute atomic E-state index is 0. The molecule has 1 fully saturated rings. The van der Waals surface area contributed by atoms with Gasteiger partial charge in [-0.3, -0.25) is 4.90 Å². The molecule has 0 bridgehead atoms. The van der Waals surface area contributed by atoms with Crippen LogP contribution in [0.3, 0.4) is 0 Å². The topological polar surface area (TPSA) is 38.5 Å². The summed E-state index contributed by atoms with van der Waals surface area (Å²) in [4.78, 5) is 2.45. The lowest BCUT2D eigenvalue weighted by Crippen LogP contribution is -2.41. The van der Waals surface area contributed by atoms with E-state index in [2.05, 4.69) is 11.8 Å². The number of hydrogen-bond acceptors (Lipinski definition) is 3. The van der Waals surface area contributed by atoms with E-state index in [1.165, 1.54) is 12.8 Å². The summed E-state index contributed by atoms with van der Waals surface area (Å²) in [5, 5.41) is 0.761. The SMILES string of the molecule is COc1ccc(Cl)cc1CN1CCCC(C(C)N)C1.Cl. The molecule has 114 valence electrons. The lowest BCUT2D eigenvalue weighted by atomic mass is 9.92. The van der Waals surface area contributed by atoms with Crippen LogP contribution < -0.4 is 10.5 Å². The van der Waals surface area contributed by atoms with Gasteiger partial charge in [-0.1, -0.05) is 11.6 Å². The molecule has 2 rings (SSSR count). The first-order chi connectivity index (χ1) is 9.10. The largest absolute Gasteiger partial charge is 0.496 e. The van der Waals surface area contributed by atoms with Gasteiger partial charge < -0.3 is 10.5 Å². The zero-order chi connectivity index (χ0) is 13.8. The zero-order valence-corrected chi connectivity index (χ0v) is 13.7. The first-order valence-electron chi connectivity index (χ1n) is 6.90. The number of likely N-dealkylation sites (tertiary alicyclic amines) is 1. The molecule has 1 aliphatic rings. The lowest BCUT2D eigenvalue weighted by molar-refractivity contribution is 0.153. The highest BCUT2D eigenvalue weighted by Crippen LogP contribution is 2.26. The van der Waals surface area contributed by atoms with Crippen molar-refractivity contribution in [2.75, 3.05) is 20.2 Å². The van der Waals surface area contributed by atoms with E-state index in [1.807, 2.05) is 18.2 Å². The molecule has 0 amide bonds. The Morgan fingerprint density at radius 3 is 2.90 bits per heavy atom. The van der Waals surface area contributed by atoms with Crippen LogP contribution in [0.2, 0.25) is 5.02 Å². The minimum Gasteiger partial charge on any atom is -0.496 e. The normalized spacial score (nSPS) is 21.1. The zero-order valence-electron chi connectivity index (χ0n) is 12.1. The van der Waals surface area contributed by atoms with E-state index < -0.39 is 0 Å². The van der Waals surface area contributed by atoms with E-state index in [0.29, 0.717) is 5.92 Å². The molecule has 20 heavy (non-hydrogen) atoms. The van der Waals surface area contributed by atoms with Gasteiger partial charge in [-0.05, 0) is 50.4 Å². The molecule has 0 aliphatic carbocycles. The van der Waals surface area contributed by atoms with Crippen molar-refractivity contribution in [3.63, 3.8) is 0 Å². The lowest BCUT2D eigenvalue weighted by Gasteiger charge is -2.34. The molecule has 1 aromatic rings. The van der Waals surface area contributed by atoms with Crippen molar-refractivity contribution in [2.45, 2.75) is 32.4 Å². The Morgan fingerprint density at radius 2 is 2.25 bits per heavy atom. The Kier molecular flexibility index (Phi) is 7.10. The molecule has 2 unspecified atom stereocenters. The van der Waals surface area contributed by atoms with Crippen LogP contribution in [-0.4, -0.2) is 31.1 Å². The van der Waals surface area contributed by atoms with Crippen LogP contribution in [0, 0.1) is 5.92 Å². The van der Waals surface area contributed by atoms with Gasteiger partial charge in [-0.15, -0.1) is 12.4 Å². The van der Waals surface area contributed by atoms with Gasteiger partial charge in [0.15, 0.2) is 0 Å². The predicted octanol–water partition coefficient (Wildman–Crippen LogP) is 3.33. The highest BCUT2D eigenvalue weighted by atomic mass is 35.5. The Bertz CT molecular complexity index is 426. The summed E-state index contributed by atoms with van der Waals surface area (Å²) >= 11 is 6.08. The van der Waals surface area contributed by atoms with Crippen LogP contribution in [0.4, 0.5) is 0 Å². The smallest absolute Gasteiger partial charge is 0.123 e. The van der Waals surface area contributed by atoms with E-state index >= 15 is 0 Å². The van der Waals surface area contributed by atoms with Crippen molar-refractivity contribution in [3.05, 3.63) is 28.8 Å². The molecule has 0 saturated carbocycles. The quantitative estimate of drug-likeness (QED) is 0.925. The number of halogens is 2. The second-order valence-corrected chi connectivity index (χ2v) is 5.89. The van der Waals surface area contributed by atoms with Gasteiger partial charge in [0, 0.05) is 29.7 Å². The van der Waals surface area contributed by atoms with E-state index in [1.54, 1.807) is 7.11 Å². The third kappa shape index (κ3) is 4.52. The van der Waals surface area contributed by atoms with Crippen molar-refractivity contribution in [1.29, 1.82) is 0 Å². The first kappa shape index (κ1) is 17.6. The van der Waals surface area contributed by atoms with E-state index in [9.17, 15) is 0 Å². The number of ether oxygens (including phenoxy) is 1. The molecule has 1 heterocycles.